The van der Waals surface area contributed by atoms with E-state index < -0.39 is 47.6 Å². The molecule has 0 aliphatic carbocycles. The number of aliphatic hydroxyl groups is 1. The zero-order valence-electron chi connectivity index (χ0n) is 18.5. The van der Waals surface area contributed by atoms with Crippen LogP contribution in [0, 0.1) is 0 Å². The Morgan fingerprint density at radius 2 is 1.94 bits per heavy atom. The summed E-state index contributed by atoms with van der Waals surface area (Å²) in [5.74, 6) is -0.866. The number of hydrogen-bond acceptors (Lipinski definition) is 6. The normalized spacial score (nSPS) is 16.7. The lowest BCUT2D eigenvalue weighted by molar-refractivity contribution is -0.138. The standard InChI is InChI=1S/C21H22F3N5O5/c1-11(2)29-17-15(18(31)26(3)20(29)33)16(19(32)28-9-13(30)10-34-28)27(25-17)8-12-6-4-5-7-14(12)21(22,23)24/h4-7,11,13,30H,8-10H2,1-3H3/t13-/m0/s1. The average Bonchev–Trinajstić information content (AvgIpc) is 3.35. The third-order valence-electron chi connectivity index (χ3n) is 5.56. The van der Waals surface area contributed by atoms with Crippen molar-refractivity contribution in [1.82, 2.24) is 24.0 Å². The molecule has 1 aliphatic rings. The molecule has 3 aromatic rings. The number of halogens is 3. The Hall–Kier alpha value is -3.45. The maximum Gasteiger partial charge on any atom is 0.416 e. The van der Waals surface area contributed by atoms with E-state index in [1.807, 2.05) is 0 Å². The fourth-order valence-corrected chi connectivity index (χ4v) is 3.95. The predicted molar refractivity (Wildman–Crippen MR) is 113 cm³/mol. The Morgan fingerprint density at radius 3 is 2.53 bits per heavy atom. The highest BCUT2D eigenvalue weighted by molar-refractivity contribution is 6.03. The van der Waals surface area contributed by atoms with Gasteiger partial charge in [-0.3, -0.25) is 28.2 Å². The summed E-state index contributed by atoms with van der Waals surface area (Å²) in [6.07, 6.45) is -5.62. The van der Waals surface area contributed by atoms with Crippen molar-refractivity contribution in [2.75, 3.05) is 13.2 Å². The lowest BCUT2D eigenvalue weighted by Gasteiger charge is -2.17. The molecule has 1 aliphatic heterocycles. The lowest BCUT2D eigenvalue weighted by Crippen LogP contribution is -2.39. The van der Waals surface area contributed by atoms with Crippen molar-refractivity contribution in [1.29, 1.82) is 0 Å². The summed E-state index contributed by atoms with van der Waals surface area (Å²) in [5.41, 5.74) is -3.08. The van der Waals surface area contributed by atoms with Gasteiger partial charge in [-0.2, -0.15) is 18.3 Å². The number of nitrogens with zero attached hydrogens (tertiary/aromatic N) is 5. The molecule has 1 aromatic carbocycles. The van der Waals surface area contributed by atoms with E-state index in [1.54, 1.807) is 13.8 Å². The highest BCUT2D eigenvalue weighted by Gasteiger charge is 2.36. The van der Waals surface area contributed by atoms with Gasteiger partial charge in [0.1, 0.15) is 23.8 Å². The SMILES string of the molecule is CC(C)n1c(=O)n(C)c(=O)c2c(C(=O)N3C[C@H](O)CO3)n(Cc3ccccc3C(F)(F)F)nc21. The third-order valence-corrected chi connectivity index (χ3v) is 5.56. The molecule has 0 radical (unpaired) electrons. The smallest absolute Gasteiger partial charge is 0.389 e. The number of alkyl halides is 3. The van der Waals surface area contributed by atoms with E-state index >= 15 is 0 Å². The Bertz CT molecular complexity index is 1390. The number of β-amino-alcohol motifs (C(OH)–C–C–N with tert-alkyl or cyclic N) is 1. The van der Waals surface area contributed by atoms with Crippen LogP contribution in [0.4, 0.5) is 13.2 Å². The number of fused-ring (bicyclic) bond motifs is 1. The van der Waals surface area contributed by atoms with E-state index in [0.717, 1.165) is 20.4 Å². The van der Waals surface area contributed by atoms with Gasteiger partial charge in [-0.15, -0.1) is 0 Å². The van der Waals surface area contributed by atoms with E-state index in [4.69, 9.17) is 4.84 Å². The van der Waals surface area contributed by atoms with Gasteiger partial charge in [0.15, 0.2) is 5.65 Å². The van der Waals surface area contributed by atoms with Crippen molar-refractivity contribution in [3.05, 3.63) is 61.9 Å². The van der Waals surface area contributed by atoms with Gasteiger partial charge in [0.2, 0.25) is 0 Å². The van der Waals surface area contributed by atoms with Crippen LogP contribution in [-0.2, 0) is 24.6 Å². The number of aliphatic hydroxyl groups excluding tert-OH is 1. The Kier molecular flexibility index (Phi) is 5.85. The maximum atomic E-state index is 13.6. The first kappa shape index (κ1) is 23.7. The molecule has 1 fully saturated rings. The summed E-state index contributed by atoms with van der Waals surface area (Å²) in [7, 11) is 1.24. The molecule has 0 spiro atoms. The monoisotopic (exact) mass is 481 g/mol. The van der Waals surface area contributed by atoms with Crippen molar-refractivity contribution in [3.63, 3.8) is 0 Å². The van der Waals surface area contributed by atoms with Crippen LogP contribution in [0.15, 0.2) is 33.9 Å². The lowest BCUT2D eigenvalue weighted by atomic mass is 10.1. The first-order valence-electron chi connectivity index (χ1n) is 10.4. The fraction of sp³-hybridized carbons (Fsp3) is 0.429. The first-order chi connectivity index (χ1) is 15.9. The minimum atomic E-state index is -4.66. The molecule has 10 nitrogen and oxygen atoms in total. The number of aromatic nitrogens is 4. The van der Waals surface area contributed by atoms with Gasteiger partial charge in [-0.25, -0.2) is 9.86 Å². The molecule has 0 bridgehead atoms. The minimum Gasteiger partial charge on any atom is -0.389 e. The Morgan fingerprint density at radius 1 is 1.26 bits per heavy atom. The Balaban J connectivity index is 2.01. The molecule has 1 N–H and O–H groups in total. The van der Waals surface area contributed by atoms with Gasteiger partial charge in [0.05, 0.1) is 18.7 Å². The van der Waals surface area contributed by atoms with E-state index in [9.17, 15) is 32.7 Å². The molecule has 182 valence electrons. The van der Waals surface area contributed by atoms with Gasteiger partial charge < -0.3 is 5.11 Å². The van der Waals surface area contributed by atoms with E-state index in [2.05, 4.69) is 5.10 Å². The molecular formula is C21H22F3N5O5. The average molecular weight is 481 g/mol. The molecule has 4 rings (SSSR count). The Labute approximate surface area is 190 Å². The molecule has 2 aromatic heterocycles. The number of carbonyl (C=O) groups excluding carboxylic acids is 1. The predicted octanol–water partition coefficient (Wildman–Crippen LogP) is 1.29. The molecule has 3 heterocycles. The topological polar surface area (TPSA) is 112 Å². The summed E-state index contributed by atoms with van der Waals surface area (Å²) >= 11 is 0. The van der Waals surface area contributed by atoms with Crippen LogP contribution in [0.25, 0.3) is 11.0 Å². The van der Waals surface area contributed by atoms with Crippen LogP contribution in [-0.4, -0.2) is 54.2 Å². The number of benzene rings is 1. The number of amides is 1. The molecule has 34 heavy (non-hydrogen) atoms. The van der Waals surface area contributed by atoms with Crippen molar-refractivity contribution in [3.8, 4) is 0 Å². The van der Waals surface area contributed by atoms with Gasteiger partial charge in [-0.05, 0) is 25.5 Å². The molecule has 0 saturated carbocycles. The van der Waals surface area contributed by atoms with Crippen LogP contribution in [0.3, 0.4) is 0 Å². The van der Waals surface area contributed by atoms with Crippen LogP contribution in [0.5, 0.6) is 0 Å². The number of carbonyl (C=O) groups is 1. The zero-order chi connectivity index (χ0) is 24.9. The third kappa shape index (κ3) is 3.90. The highest BCUT2D eigenvalue weighted by Crippen LogP contribution is 2.32. The van der Waals surface area contributed by atoms with Crippen LogP contribution in [0.1, 0.15) is 41.5 Å². The number of rotatable bonds is 4. The molecule has 1 saturated heterocycles. The molecule has 1 amide bonds. The first-order valence-corrected chi connectivity index (χ1v) is 10.4. The molecule has 1 atom stereocenters. The van der Waals surface area contributed by atoms with Gasteiger partial charge in [-0.1, -0.05) is 18.2 Å². The second-order valence-corrected chi connectivity index (χ2v) is 8.29. The second-order valence-electron chi connectivity index (χ2n) is 8.29. The summed E-state index contributed by atoms with van der Waals surface area (Å²) < 4.78 is 43.8. The van der Waals surface area contributed by atoms with Crippen molar-refractivity contribution in [2.45, 2.75) is 38.7 Å². The number of hydroxylamine groups is 2. The zero-order valence-corrected chi connectivity index (χ0v) is 18.5. The molecule has 0 unspecified atom stereocenters. The van der Waals surface area contributed by atoms with E-state index in [0.29, 0.717) is 0 Å². The van der Waals surface area contributed by atoms with Crippen LogP contribution >= 0.6 is 0 Å². The fourth-order valence-electron chi connectivity index (χ4n) is 3.95. The summed E-state index contributed by atoms with van der Waals surface area (Å²) in [6, 6.07) is 4.33. The van der Waals surface area contributed by atoms with Crippen molar-refractivity contribution < 1.29 is 27.9 Å². The van der Waals surface area contributed by atoms with Crippen molar-refractivity contribution in [2.24, 2.45) is 7.05 Å². The van der Waals surface area contributed by atoms with Gasteiger partial charge in [0.25, 0.3) is 11.5 Å². The highest BCUT2D eigenvalue weighted by atomic mass is 19.4. The van der Waals surface area contributed by atoms with Crippen LogP contribution in [0.2, 0.25) is 0 Å². The molecule has 13 heteroatoms. The maximum absolute atomic E-state index is 13.6. The van der Waals surface area contributed by atoms with Crippen LogP contribution < -0.4 is 11.2 Å². The second kappa shape index (κ2) is 8.40. The van der Waals surface area contributed by atoms with E-state index in [-0.39, 0.29) is 35.4 Å². The quantitative estimate of drug-likeness (QED) is 0.601. The molecular weight excluding hydrogens is 459 g/mol. The minimum absolute atomic E-state index is 0.129. The van der Waals surface area contributed by atoms with E-state index in [1.165, 1.54) is 29.8 Å². The number of hydrogen-bond donors (Lipinski definition) is 1. The summed E-state index contributed by atoms with van der Waals surface area (Å²) in [5, 5.41) is 14.6. The van der Waals surface area contributed by atoms with Crippen molar-refractivity contribution >= 4 is 16.9 Å². The summed E-state index contributed by atoms with van der Waals surface area (Å²) in [6.45, 7) is 2.48. The summed E-state index contributed by atoms with van der Waals surface area (Å²) in [4.78, 5) is 44.4. The van der Waals surface area contributed by atoms with Gasteiger partial charge in [0, 0.05) is 13.1 Å². The van der Waals surface area contributed by atoms with Gasteiger partial charge >= 0.3 is 11.9 Å². The largest absolute Gasteiger partial charge is 0.416 e.